The molecule has 0 bridgehead atoms. The van der Waals surface area contributed by atoms with E-state index in [0.29, 0.717) is 5.56 Å². The number of fused-ring (bicyclic) bond motifs is 3. The smallest absolute Gasteiger partial charge is 0.131 e. The van der Waals surface area contributed by atoms with E-state index in [9.17, 15) is 4.39 Å². The van der Waals surface area contributed by atoms with Gasteiger partial charge in [0.1, 0.15) is 5.82 Å². The lowest BCUT2D eigenvalue weighted by Crippen LogP contribution is -1.93. The number of hydrogen-bond donors (Lipinski definition) is 0. The van der Waals surface area contributed by atoms with Crippen molar-refractivity contribution in [3.8, 4) is 16.8 Å². The van der Waals surface area contributed by atoms with Crippen LogP contribution in [0.4, 0.5) is 4.39 Å². The molecule has 0 amide bonds. The van der Waals surface area contributed by atoms with Gasteiger partial charge in [-0.2, -0.15) is 0 Å². The van der Waals surface area contributed by atoms with Crippen LogP contribution in [-0.2, 0) is 0 Å². The summed E-state index contributed by atoms with van der Waals surface area (Å²) in [5.74, 6) is -0.200. The maximum absolute atomic E-state index is 14.3. The number of rotatable bonds is 2. The molecule has 0 N–H and O–H groups in total. The van der Waals surface area contributed by atoms with E-state index in [1.807, 2.05) is 36.4 Å². The zero-order valence-electron chi connectivity index (χ0n) is 14.1. The first-order chi connectivity index (χ1) is 12.8. The van der Waals surface area contributed by atoms with Crippen molar-refractivity contribution in [3.05, 3.63) is 103 Å². The molecule has 0 aliphatic heterocycles. The van der Waals surface area contributed by atoms with E-state index in [1.165, 1.54) is 16.8 Å². The summed E-state index contributed by atoms with van der Waals surface area (Å²) in [4.78, 5) is 0. The summed E-state index contributed by atoms with van der Waals surface area (Å²) < 4.78 is 16.5. The van der Waals surface area contributed by atoms with Crippen LogP contribution in [-0.4, -0.2) is 4.57 Å². The zero-order valence-corrected chi connectivity index (χ0v) is 14.1. The third-order valence-electron chi connectivity index (χ3n) is 4.87. The largest absolute Gasteiger partial charge is 0.309 e. The normalized spacial score (nSPS) is 11.3. The minimum absolute atomic E-state index is 0.200. The van der Waals surface area contributed by atoms with Crippen molar-refractivity contribution >= 4 is 21.8 Å². The Labute approximate surface area is 150 Å². The van der Waals surface area contributed by atoms with E-state index in [-0.39, 0.29) is 5.82 Å². The molecule has 0 fully saturated rings. The average molecular weight is 337 g/mol. The SMILES string of the molecule is Fc1ccccc1-c1ccc2c3ccccc3n(-c3ccccc3)c2c1. The van der Waals surface area contributed by atoms with E-state index in [4.69, 9.17) is 0 Å². The standard InChI is InChI=1S/C24H16FN/c25-22-12-6-4-10-19(22)17-14-15-21-20-11-5-7-13-23(20)26(24(21)16-17)18-8-2-1-3-9-18/h1-16H. The summed E-state index contributed by atoms with van der Waals surface area (Å²) >= 11 is 0. The molecule has 0 radical (unpaired) electrons. The second-order valence-corrected chi connectivity index (χ2v) is 6.40. The highest BCUT2D eigenvalue weighted by molar-refractivity contribution is 6.10. The lowest BCUT2D eigenvalue weighted by molar-refractivity contribution is 0.631. The van der Waals surface area contributed by atoms with Crippen molar-refractivity contribution in [2.75, 3.05) is 0 Å². The molecule has 0 atom stereocenters. The molecule has 124 valence electrons. The first-order valence-corrected chi connectivity index (χ1v) is 8.66. The van der Waals surface area contributed by atoms with Crippen molar-refractivity contribution in [2.45, 2.75) is 0 Å². The number of hydrogen-bond acceptors (Lipinski definition) is 0. The summed E-state index contributed by atoms with van der Waals surface area (Å²) in [5, 5.41) is 2.37. The minimum atomic E-state index is -0.200. The highest BCUT2D eigenvalue weighted by atomic mass is 19.1. The molecule has 0 aliphatic carbocycles. The molecule has 1 aromatic heterocycles. The fourth-order valence-electron chi connectivity index (χ4n) is 3.69. The van der Waals surface area contributed by atoms with Gasteiger partial charge in [0.2, 0.25) is 0 Å². The van der Waals surface area contributed by atoms with Gasteiger partial charge in [0.25, 0.3) is 0 Å². The minimum Gasteiger partial charge on any atom is -0.309 e. The Kier molecular flexibility index (Phi) is 3.36. The maximum Gasteiger partial charge on any atom is 0.131 e. The average Bonchev–Trinajstić information content (AvgIpc) is 3.02. The Morgan fingerprint density at radius 2 is 1.27 bits per heavy atom. The van der Waals surface area contributed by atoms with Gasteiger partial charge < -0.3 is 4.57 Å². The van der Waals surface area contributed by atoms with Crippen LogP contribution in [0.1, 0.15) is 0 Å². The van der Waals surface area contributed by atoms with Crippen LogP contribution < -0.4 is 0 Å². The molecule has 1 nitrogen and oxygen atoms in total. The van der Waals surface area contributed by atoms with Gasteiger partial charge in [-0.3, -0.25) is 0 Å². The molecule has 0 unspecified atom stereocenters. The number of nitrogens with zero attached hydrogens (tertiary/aromatic N) is 1. The van der Waals surface area contributed by atoms with Gasteiger partial charge in [-0.25, -0.2) is 4.39 Å². The molecule has 26 heavy (non-hydrogen) atoms. The maximum atomic E-state index is 14.3. The second kappa shape index (κ2) is 5.85. The predicted octanol–water partition coefficient (Wildman–Crippen LogP) is 6.59. The molecule has 5 rings (SSSR count). The molecule has 5 aromatic rings. The Morgan fingerprint density at radius 1 is 0.577 bits per heavy atom. The summed E-state index contributed by atoms with van der Waals surface area (Å²) in [6.45, 7) is 0. The van der Waals surface area contributed by atoms with Gasteiger partial charge in [-0.1, -0.05) is 66.7 Å². The lowest BCUT2D eigenvalue weighted by Gasteiger charge is -2.09. The second-order valence-electron chi connectivity index (χ2n) is 6.40. The third kappa shape index (κ3) is 2.23. The van der Waals surface area contributed by atoms with Gasteiger partial charge in [0.15, 0.2) is 0 Å². The van der Waals surface area contributed by atoms with Crippen molar-refractivity contribution in [1.82, 2.24) is 4.57 Å². The van der Waals surface area contributed by atoms with Gasteiger partial charge >= 0.3 is 0 Å². The molecule has 2 heteroatoms. The number of para-hydroxylation sites is 2. The number of aromatic nitrogens is 1. The van der Waals surface area contributed by atoms with Crippen LogP contribution in [0.15, 0.2) is 97.1 Å². The van der Waals surface area contributed by atoms with E-state index >= 15 is 0 Å². The third-order valence-corrected chi connectivity index (χ3v) is 4.87. The molecule has 4 aromatic carbocycles. The van der Waals surface area contributed by atoms with Crippen molar-refractivity contribution in [1.29, 1.82) is 0 Å². The zero-order chi connectivity index (χ0) is 17.5. The van der Waals surface area contributed by atoms with E-state index in [0.717, 1.165) is 22.3 Å². The lowest BCUT2D eigenvalue weighted by atomic mass is 10.0. The molecule has 0 aliphatic rings. The topological polar surface area (TPSA) is 4.93 Å². The van der Waals surface area contributed by atoms with Crippen molar-refractivity contribution in [2.24, 2.45) is 0 Å². The number of benzene rings is 4. The monoisotopic (exact) mass is 337 g/mol. The van der Waals surface area contributed by atoms with Gasteiger partial charge in [0.05, 0.1) is 11.0 Å². The van der Waals surface area contributed by atoms with Gasteiger partial charge in [0, 0.05) is 22.0 Å². The van der Waals surface area contributed by atoms with Crippen molar-refractivity contribution < 1.29 is 4.39 Å². The molecular weight excluding hydrogens is 321 g/mol. The first-order valence-electron chi connectivity index (χ1n) is 8.66. The highest BCUT2D eigenvalue weighted by Gasteiger charge is 2.13. The van der Waals surface area contributed by atoms with Crippen LogP contribution in [0.2, 0.25) is 0 Å². The molecular formula is C24H16FN. The Bertz CT molecular complexity index is 1240. The summed E-state index contributed by atoms with van der Waals surface area (Å²) in [5.41, 5.74) is 4.84. The Morgan fingerprint density at radius 3 is 2.12 bits per heavy atom. The van der Waals surface area contributed by atoms with Crippen LogP contribution in [0.5, 0.6) is 0 Å². The summed E-state index contributed by atoms with van der Waals surface area (Å²) in [7, 11) is 0. The van der Waals surface area contributed by atoms with Crippen molar-refractivity contribution in [3.63, 3.8) is 0 Å². The van der Waals surface area contributed by atoms with Crippen LogP contribution >= 0.6 is 0 Å². The fraction of sp³-hybridized carbons (Fsp3) is 0. The Hall–Kier alpha value is -3.39. The van der Waals surface area contributed by atoms with Gasteiger partial charge in [-0.15, -0.1) is 0 Å². The van der Waals surface area contributed by atoms with E-state index < -0.39 is 0 Å². The molecule has 0 saturated carbocycles. The highest BCUT2D eigenvalue weighted by Crippen LogP contribution is 2.35. The quantitative estimate of drug-likeness (QED) is 0.342. The Balaban J connectivity index is 1.88. The molecule has 1 heterocycles. The van der Waals surface area contributed by atoms with E-state index in [1.54, 1.807) is 6.07 Å². The van der Waals surface area contributed by atoms with Gasteiger partial charge in [-0.05, 0) is 35.9 Å². The first kappa shape index (κ1) is 14.9. The summed E-state index contributed by atoms with van der Waals surface area (Å²) in [6, 6.07) is 31.8. The van der Waals surface area contributed by atoms with E-state index in [2.05, 4.69) is 53.1 Å². The van der Waals surface area contributed by atoms with Crippen LogP contribution in [0, 0.1) is 5.82 Å². The van der Waals surface area contributed by atoms with Crippen LogP contribution in [0.3, 0.4) is 0 Å². The molecule has 0 spiro atoms. The summed E-state index contributed by atoms with van der Waals surface area (Å²) in [6.07, 6.45) is 0. The fourth-order valence-corrected chi connectivity index (χ4v) is 3.69. The molecule has 0 saturated heterocycles. The predicted molar refractivity (Wildman–Crippen MR) is 106 cm³/mol. The number of halogens is 1. The van der Waals surface area contributed by atoms with Crippen LogP contribution in [0.25, 0.3) is 38.6 Å².